The topological polar surface area (TPSA) is 59.2 Å². The lowest BCUT2D eigenvalue weighted by Crippen LogP contribution is -2.36. The van der Waals surface area contributed by atoms with Gasteiger partial charge < -0.3 is 9.32 Å². The highest BCUT2D eigenvalue weighted by Crippen LogP contribution is 2.35. The third kappa shape index (κ3) is 4.62. The summed E-state index contributed by atoms with van der Waals surface area (Å²) in [5.41, 5.74) is 1.63. The first kappa shape index (κ1) is 19.9. The molecule has 1 atom stereocenters. The van der Waals surface area contributed by atoms with Crippen LogP contribution >= 0.6 is 23.2 Å². The summed E-state index contributed by atoms with van der Waals surface area (Å²) < 4.78 is 5.82. The molecular weight excluding hydrogens is 409 g/mol. The van der Waals surface area contributed by atoms with E-state index in [0.717, 1.165) is 24.1 Å². The molecule has 0 aliphatic heterocycles. The van der Waals surface area contributed by atoms with Crippen LogP contribution in [0.2, 0.25) is 10.0 Å². The number of amides is 1. The maximum Gasteiger partial charge on any atom is 0.223 e. The van der Waals surface area contributed by atoms with Crippen LogP contribution in [0.1, 0.15) is 43.8 Å². The lowest BCUT2D eigenvalue weighted by Gasteiger charge is -2.29. The Hall–Kier alpha value is -2.37. The molecule has 150 valence electrons. The molecule has 1 aromatic carbocycles. The quantitative estimate of drug-likeness (QED) is 0.481. The highest BCUT2D eigenvalue weighted by atomic mass is 35.5. The average molecular weight is 430 g/mol. The van der Waals surface area contributed by atoms with Crippen LogP contribution in [-0.2, 0) is 11.2 Å². The maximum absolute atomic E-state index is 13.0. The molecule has 1 fully saturated rings. The number of hydrogen-bond acceptors (Lipinski definition) is 4. The van der Waals surface area contributed by atoms with Gasteiger partial charge >= 0.3 is 0 Å². The number of aryl methyl sites for hydroxylation is 1. The Morgan fingerprint density at radius 2 is 2.07 bits per heavy atom. The molecule has 1 saturated carbocycles. The molecule has 0 N–H and O–H groups in total. The molecule has 29 heavy (non-hydrogen) atoms. The first-order valence-corrected chi connectivity index (χ1v) is 10.4. The molecule has 0 spiro atoms. The number of carbonyl (C=O) groups excluding carboxylic acids is 1. The molecule has 1 unspecified atom stereocenters. The van der Waals surface area contributed by atoms with Gasteiger partial charge in [0.25, 0.3) is 0 Å². The fourth-order valence-electron chi connectivity index (χ4n) is 3.44. The minimum absolute atomic E-state index is 0.0517. The van der Waals surface area contributed by atoms with Crippen LogP contribution in [0.3, 0.4) is 0 Å². The highest BCUT2D eigenvalue weighted by molar-refractivity contribution is 6.36. The van der Waals surface area contributed by atoms with Gasteiger partial charge in [-0.1, -0.05) is 29.3 Å². The van der Waals surface area contributed by atoms with Crippen LogP contribution in [-0.4, -0.2) is 26.8 Å². The number of oxazole rings is 1. The van der Waals surface area contributed by atoms with E-state index in [1.54, 1.807) is 30.6 Å². The summed E-state index contributed by atoms with van der Waals surface area (Å²) >= 11 is 12.2. The maximum atomic E-state index is 13.0. The predicted octanol–water partition coefficient (Wildman–Crippen LogP) is 5.73. The molecule has 0 saturated heterocycles. The highest BCUT2D eigenvalue weighted by Gasteiger charge is 2.36. The van der Waals surface area contributed by atoms with Crippen molar-refractivity contribution in [1.82, 2.24) is 14.9 Å². The van der Waals surface area contributed by atoms with Crippen molar-refractivity contribution in [3.8, 4) is 11.3 Å². The van der Waals surface area contributed by atoms with Crippen molar-refractivity contribution in [1.29, 1.82) is 0 Å². The molecule has 0 radical (unpaired) electrons. The van der Waals surface area contributed by atoms with E-state index in [9.17, 15) is 4.79 Å². The second kappa shape index (κ2) is 8.56. The van der Waals surface area contributed by atoms with Gasteiger partial charge in [0.2, 0.25) is 5.91 Å². The normalized spacial score (nSPS) is 14.6. The van der Waals surface area contributed by atoms with Crippen molar-refractivity contribution in [2.45, 2.75) is 44.7 Å². The van der Waals surface area contributed by atoms with Gasteiger partial charge in [-0.25, -0.2) is 4.98 Å². The van der Waals surface area contributed by atoms with Gasteiger partial charge in [0.05, 0.1) is 23.0 Å². The Morgan fingerprint density at radius 1 is 1.24 bits per heavy atom. The van der Waals surface area contributed by atoms with E-state index in [0.29, 0.717) is 40.6 Å². The first-order valence-electron chi connectivity index (χ1n) is 9.65. The van der Waals surface area contributed by atoms with Crippen LogP contribution in [0.5, 0.6) is 0 Å². The first-order chi connectivity index (χ1) is 14.0. The molecule has 1 amide bonds. The van der Waals surface area contributed by atoms with Crippen LogP contribution in [0.15, 0.2) is 53.2 Å². The fourth-order valence-corrected chi connectivity index (χ4v) is 3.94. The molecule has 4 rings (SSSR count). The van der Waals surface area contributed by atoms with Gasteiger partial charge in [0, 0.05) is 35.7 Å². The van der Waals surface area contributed by atoms with Crippen molar-refractivity contribution in [3.05, 3.63) is 70.4 Å². The monoisotopic (exact) mass is 429 g/mol. The zero-order valence-electron chi connectivity index (χ0n) is 16.0. The van der Waals surface area contributed by atoms with Gasteiger partial charge in [-0.2, -0.15) is 0 Å². The third-order valence-electron chi connectivity index (χ3n) is 5.06. The lowest BCUT2D eigenvalue weighted by atomic mass is 10.1. The van der Waals surface area contributed by atoms with Gasteiger partial charge in [-0.05, 0) is 50.1 Å². The third-order valence-corrected chi connectivity index (χ3v) is 5.61. The van der Waals surface area contributed by atoms with Crippen molar-refractivity contribution >= 4 is 29.1 Å². The molecule has 2 heterocycles. The molecule has 7 heteroatoms. The standard InChI is InChI=1S/C22H21Cl2N3O2/c1-14(19-4-2-3-11-25-19)27(16-6-7-16)22(28)10-9-21-26-13-20(29-21)17-8-5-15(23)12-18(17)24/h2-5,8,11-14,16H,6-7,9-10H2,1H3. The Labute approximate surface area is 179 Å². The largest absolute Gasteiger partial charge is 0.441 e. The van der Waals surface area contributed by atoms with Gasteiger partial charge in [-0.3, -0.25) is 9.78 Å². The summed E-state index contributed by atoms with van der Waals surface area (Å²) in [6.07, 6.45) is 6.24. The number of carbonyl (C=O) groups is 1. The van der Waals surface area contributed by atoms with E-state index in [-0.39, 0.29) is 11.9 Å². The molecule has 5 nitrogen and oxygen atoms in total. The Morgan fingerprint density at radius 3 is 2.76 bits per heavy atom. The van der Waals surface area contributed by atoms with Crippen LogP contribution in [0.25, 0.3) is 11.3 Å². The van der Waals surface area contributed by atoms with Crippen LogP contribution in [0, 0.1) is 0 Å². The Bertz CT molecular complexity index is 1000. The van der Waals surface area contributed by atoms with E-state index < -0.39 is 0 Å². The number of hydrogen-bond donors (Lipinski definition) is 0. The van der Waals surface area contributed by atoms with Gasteiger partial charge in [0.15, 0.2) is 11.7 Å². The summed E-state index contributed by atoms with van der Waals surface area (Å²) in [7, 11) is 0. The fraction of sp³-hybridized carbons (Fsp3) is 0.318. The van der Waals surface area contributed by atoms with E-state index in [1.807, 2.05) is 30.0 Å². The Kier molecular flexibility index (Phi) is 5.88. The molecule has 0 bridgehead atoms. The number of rotatable bonds is 7. The lowest BCUT2D eigenvalue weighted by molar-refractivity contribution is -0.134. The van der Waals surface area contributed by atoms with E-state index in [4.69, 9.17) is 27.6 Å². The smallest absolute Gasteiger partial charge is 0.223 e. The van der Waals surface area contributed by atoms with Crippen molar-refractivity contribution in [2.75, 3.05) is 0 Å². The van der Waals surface area contributed by atoms with Crippen molar-refractivity contribution < 1.29 is 9.21 Å². The number of pyridine rings is 1. The summed E-state index contributed by atoms with van der Waals surface area (Å²) in [5, 5.41) is 1.06. The second-order valence-corrected chi connectivity index (χ2v) is 8.05. The number of halogens is 2. The molecule has 2 aromatic heterocycles. The van der Waals surface area contributed by atoms with E-state index >= 15 is 0 Å². The van der Waals surface area contributed by atoms with Crippen LogP contribution in [0.4, 0.5) is 0 Å². The minimum Gasteiger partial charge on any atom is -0.441 e. The zero-order valence-corrected chi connectivity index (χ0v) is 17.5. The van der Waals surface area contributed by atoms with Crippen molar-refractivity contribution in [2.24, 2.45) is 0 Å². The summed E-state index contributed by atoms with van der Waals surface area (Å²) in [6.45, 7) is 2.03. The molecular formula is C22H21Cl2N3O2. The van der Waals surface area contributed by atoms with Gasteiger partial charge in [-0.15, -0.1) is 0 Å². The number of aromatic nitrogens is 2. The summed E-state index contributed by atoms with van der Waals surface area (Å²) in [4.78, 5) is 23.7. The predicted molar refractivity (Wildman–Crippen MR) is 113 cm³/mol. The summed E-state index contributed by atoms with van der Waals surface area (Å²) in [5.74, 6) is 1.17. The molecule has 1 aliphatic rings. The average Bonchev–Trinajstić information content (AvgIpc) is 3.44. The summed E-state index contributed by atoms with van der Waals surface area (Å²) in [6, 6.07) is 11.2. The number of benzene rings is 1. The van der Waals surface area contributed by atoms with Gasteiger partial charge in [0.1, 0.15) is 0 Å². The number of nitrogens with zero attached hydrogens (tertiary/aromatic N) is 3. The van der Waals surface area contributed by atoms with E-state index in [2.05, 4.69) is 9.97 Å². The Balaban J connectivity index is 1.43. The zero-order chi connectivity index (χ0) is 20.4. The van der Waals surface area contributed by atoms with Crippen LogP contribution < -0.4 is 0 Å². The minimum atomic E-state index is -0.0517. The molecule has 3 aromatic rings. The SMILES string of the molecule is CC(c1ccccn1)N(C(=O)CCc1ncc(-c2ccc(Cl)cc2Cl)o1)C1CC1. The molecule has 1 aliphatic carbocycles. The van der Waals surface area contributed by atoms with Crippen molar-refractivity contribution in [3.63, 3.8) is 0 Å². The van der Waals surface area contributed by atoms with E-state index in [1.165, 1.54) is 0 Å². The second-order valence-electron chi connectivity index (χ2n) is 7.21.